The van der Waals surface area contributed by atoms with Crippen LogP contribution in [0, 0.1) is 0 Å². The third kappa shape index (κ3) is 1.91. The van der Waals surface area contributed by atoms with Crippen molar-refractivity contribution in [2.45, 2.75) is 26.2 Å². The van der Waals surface area contributed by atoms with Gasteiger partial charge in [-0.15, -0.1) is 0 Å². The monoisotopic (exact) mass is 327 g/mol. The molecule has 3 aromatic carbocycles. The first-order valence-corrected chi connectivity index (χ1v) is 8.78. The third-order valence-electron chi connectivity index (χ3n) is 5.34. The van der Waals surface area contributed by atoms with E-state index in [9.17, 15) is 0 Å². The molecule has 0 saturated carbocycles. The second-order valence-electron chi connectivity index (χ2n) is 7.97. The van der Waals surface area contributed by atoms with Crippen molar-refractivity contribution in [3.8, 4) is 0 Å². The molecule has 0 spiro atoms. The summed E-state index contributed by atoms with van der Waals surface area (Å²) >= 11 is 0. The van der Waals surface area contributed by atoms with E-state index in [0.717, 1.165) is 11.2 Å². The van der Waals surface area contributed by atoms with Crippen LogP contribution in [0.2, 0.25) is 0 Å². The Balaban J connectivity index is 2.04. The van der Waals surface area contributed by atoms with Crippen LogP contribution < -0.4 is 0 Å². The van der Waals surface area contributed by atoms with Gasteiger partial charge in [0.05, 0.1) is 5.52 Å². The lowest BCUT2D eigenvalue weighted by Gasteiger charge is -2.20. The Labute approximate surface area is 146 Å². The zero-order chi connectivity index (χ0) is 17.3. The van der Waals surface area contributed by atoms with Crippen LogP contribution in [0.25, 0.3) is 43.7 Å². The molecule has 124 valence electrons. The van der Waals surface area contributed by atoms with Gasteiger partial charge in [-0.3, -0.25) is 0 Å². The Morgan fingerprint density at radius 1 is 0.760 bits per heavy atom. The minimum absolute atomic E-state index is 0.0984. The van der Waals surface area contributed by atoms with Gasteiger partial charge in [-0.05, 0) is 29.2 Å². The molecule has 0 fully saturated rings. The second kappa shape index (κ2) is 4.66. The Bertz CT molecular complexity index is 1280. The maximum absolute atomic E-state index is 6.10. The van der Waals surface area contributed by atoms with Crippen molar-refractivity contribution in [1.29, 1.82) is 0 Å². The van der Waals surface area contributed by atoms with Crippen LogP contribution in [0.3, 0.4) is 0 Å². The predicted octanol–water partition coefficient (Wildman–Crippen LogP) is 6.53. The first kappa shape index (κ1) is 14.6. The van der Waals surface area contributed by atoms with Crippen molar-refractivity contribution in [3.05, 3.63) is 60.2 Å². The Hall–Kier alpha value is -2.74. The lowest BCUT2D eigenvalue weighted by atomic mass is 9.84. The molecule has 0 N–H and O–H groups in total. The zero-order valence-corrected chi connectivity index (χ0v) is 15.1. The summed E-state index contributed by atoms with van der Waals surface area (Å²) in [6, 6.07) is 19.4. The largest absolute Gasteiger partial charge is 0.456 e. The molecule has 0 atom stereocenters. The normalized spacial score (nSPS) is 12.8. The zero-order valence-electron chi connectivity index (χ0n) is 15.1. The quantitative estimate of drug-likeness (QED) is 0.316. The highest BCUT2D eigenvalue weighted by molar-refractivity contribution is 6.17. The predicted molar refractivity (Wildman–Crippen MR) is 106 cm³/mol. The van der Waals surface area contributed by atoms with Crippen LogP contribution in [0.5, 0.6) is 0 Å². The highest BCUT2D eigenvalue weighted by Crippen LogP contribution is 2.40. The third-order valence-corrected chi connectivity index (χ3v) is 5.34. The summed E-state index contributed by atoms with van der Waals surface area (Å²) < 4.78 is 8.38. The van der Waals surface area contributed by atoms with Gasteiger partial charge in [-0.25, -0.2) is 0 Å². The van der Waals surface area contributed by atoms with Crippen molar-refractivity contribution < 1.29 is 4.42 Å². The van der Waals surface area contributed by atoms with E-state index in [0.29, 0.717) is 0 Å². The maximum Gasteiger partial charge on any atom is 0.137 e. The molecule has 2 heterocycles. The molecular weight excluding hydrogens is 306 g/mol. The topological polar surface area (TPSA) is 18.1 Å². The molecule has 2 nitrogen and oxygen atoms in total. The van der Waals surface area contributed by atoms with Gasteiger partial charge >= 0.3 is 0 Å². The lowest BCUT2D eigenvalue weighted by Crippen LogP contribution is -2.11. The van der Waals surface area contributed by atoms with E-state index in [4.69, 9.17) is 4.42 Å². The van der Waals surface area contributed by atoms with Gasteiger partial charge in [-0.2, -0.15) is 0 Å². The summed E-state index contributed by atoms with van der Waals surface area (Å²) in [5.74, 6) is 0. The smallest absolute Gasteiger partial charge is 0.137 e. The number of benzene rings is 3. The first-order valence-electron chi connectivity index (χ1n) is 8.78. The van der Waals surface area contributed by atoms with Crippen molar-refractivity contribution in [3.63, 3.8) is 0 Å². The summed E-state index contributed by atoms with van der Waals surface area (Å²) in [5.41, 5.74) is 5.90. The summed E-state index contributed by atoms with van der Waals surface area (Å²) in [5, 5.41) is 5.05. The number of hydrogen-bond acceptors (Lipinski definition) is 1. The fourth-order valence-electron chi connectivity index (χ4n) is 4.10. The van der Waals surface area contributed by atoms with Crippen LogP contribution >= 0.6 is 0 Å². The number of nitrogens with zero attached hydrogens (tertiary/aromatic N) is 1. The molecule has 0 aliphatic rings. The van der Waals surface area contributed by atoms with Crippen molar-refractivity contribution >= 4 is 43.7 Å². The van der Waals surface area contributed by atoms with Crippen LogP contribution in [-0.2, 0) is 12.5 Å². The highest BCUT2D eigenvalue weighted by atomic mass is 16.3. The molecule has 5 aromatic rings. The van der Waals surface area contributed by atoms with Crippen molar-refractivity contribution in [2.24, 2.45) is 7.05 Å². The Kier molecular flexibility index (Phi) is 2.72. The maximum atomic E-state index is 6.10. The molecule has 0 aliphatic carbocycles. The fraction of sp³-hybridized carbons (Fsp3) is 0.217. The van der Waals surface area contributed by atoms with E-state index in [1.807, 2.05) is 12.1 Å². The van der Waals surface area contributed by atoms with E-state index < -0.39 is 0 Å². The number of rotatable bonds is 0. The standard InChI is InChI=1S/C23H21NO/c1-23(2,3)17-9-7-10-18-22(17)16-12-15-14-8-5-6-11-20(14)25-21(15)13-19(16)24(18)4/h5-13H,1-4H3. The van der Waals surface area contributed by atoms with E-state index in [1.54, 1.807) is 0 Å². The van der Waals surface area contributed by atoms with Crippen LogP contribution in [0.4, 0.5) is 0 Å². The molecule has 0 unspecified atom stereocenters. The first-order chi connectivity index (χ1) is 11.9. The molecular formula is C23H21NO. The van der Waals surface area contributed by atoms with Crippen LogP contribution in [0.1, 0.15) is 26.3 Å². The minimum Gasteiger partial charge on any atom is -0.456 e. The number of aryl methyl sites for hydroxylation is 1. The van der Waals surface area contributed by atoms with Gasteiger partial charge in [0.1, 0.15) is 11.2 Å². The molecule has 0 bridgehead atoms. The molecule has 2 heteroatoms. The average Bonchev–Trinajstić information content (AvgIpc) is 3.08. The Morgan fingerprint density at radius 2 is 1.56 bits per heavy atom. The Morgan fingerprint density at radius 3 is 2.36 bits per heavy atom. The summed E-state index contributed by atoms with van der Waals surface area (Å²) in [4.78, 5) is 0. The molecule has 0 saturated heterocycles. The molecule has 0 amide bonds. The van der Waals surface area contributed by atoms with Gasteiger partial charge < -0.3 is 8.98 Å². The van der Waals surface area contributed by atoms with Gasteiger partial charge in [0.25, 0.3) is 0 Å². The number of fused-ring (bicyclic) bond motifs is 6. The van der Waals surface area contributed by atoms with Gasteiger partial charge in [0, 0.05) is 40.2 Å². The summed E-state index contributed by atoms with van der Waals surface area (Å²) in [6.45, 7) is 6.85. The van der Waals surface area contributed by atoms with Gasteiger partial charge in [0.2, 0.25) is 0 Å². The van der Waals surface area contributed by atoms with Crippen molar-refractivity contribution in [1.82, 2.24) is 4.57 Å². The second-order valence-corrected chi connectivity index (χ2v) is 7.97. The molecule has 0 radical (unpaired) electrons. The number of hydrogen-bond donors (Lipinski definition) is 0. The molecule has 5 rings (SSSR count). The number of aromatic nitrogens is 1. The van der Waals surface area contributed by atoms with Crippen LogP contribution in [0.15, 0.2) is 59.0 Å². The van der Waals surface area contributed by atoms with E-state index in [1.165, 1.54) is 38.1 Å². The van der Waals surface area contributed by atoms with Crippen LogP contribution in [-0.4, -0.2) is 4.57 Å². The van der Waals surface area contributed by atoms with E-state index >= 15 is 0 Å². The molecule has 25 heavy (non-hydrogen) atoms. The molecule has 2 aromatic heterocycles. The number of furan rings is 1. The molecule has 0 aliphatic heterocycles. The SMILES string of the molecule is Cn1c2cc3oc4ccccc4c3cc2c2c(C(C)(C)C)cccc21. The van der Waals surface area contributed by atoms with E-state index in [2.05, 4.69) is 74.9 Å². The van der Waals surface area contributed by atoms with E-state index in [-0.39, 0.29) is 5.41 Å². The summed E-state index contributed by atoms with van der Waals surface area (Å²) in [6.07, 6.45) is 0. The lowest BCUT2D eigenvalue weighted by molar-refractivity contribution is 0.596. The number of para-hydroxylation sites is 1. The summed E-state index contributed by atoms with van der Waals surface area (Å²) in [7, 11) is 2.14. The highest BCUT2D eigenvalue weighted by Gasteiger charge is 2.21. The van der Waals surface area contributed by atoms with Gasteiger partial charge in [0.15, 0.2) is 0 Å². The van der Waals surface area contributed by atoms with Crippen molar-refractivity contribution in [2.75, 3.05) is 0 Å². The minimum atomic E-state index is 0.0984. The average molecular weight is 327 g/mol. The van der Waals surface area contributed by atoms with Gasteiger partial charge in [-0.1, -0.05) is 51.1 Å². The fourth-order valence-corrected chi connectivity index (χ4v) is 4.10.